The zero-order valence-corrected chi connectivity index (χ0v) is 18.4. The molecule has 0 spiro atoms. The van der Waals surface area contributed by atoms with Crippen molar-refractivity contribution in [3.8, 4) is 5.75 Å². The minimum Gasteiger partial charge on any atom is -0.486 e. The summed E-state index contributed by atoms with van der Waals surface area (Å²) in [4.78, 5) is 24.0. The Bertz CT molecular complexity index is 1260. The van der Waals surface area contributed by atoms with Gasteiger partial charge in [0, 0.05) is 11.2 Å². The molecule has 0 unspecified atom stereocenters. The van der Waals surface area contributed by atoms with E-state index in [0.29, 0.717) is 34.3 Å². The van der Waals surface area contributed by atoms with E-state index in [0.717, 1.165) is 5.56 Å². The van der Waals surface area contributed by atoms with Crippen LogP contribution in [0, 0.1) is 0 Å². The number of halogens is 1. The smallest absolute Gasteiger partial charge is 0.337 e. The van der Waals surface area contributed by atoms with E-state index in [1.807, 2.05) is 24.3 Å². The minimum atomic E-state index is -0.418. The van der Waals surface area contributed by atoms with E-state index in [9.17, 15) is 9.59 Å². The van der Waals surface area contributed by atoms with Crippen molar-refractivity contribution in [2.24, 2.45) is 0 Å². The lowest BCUT2D eigenvalue weighted by molar-refractivity contribution is 0.0600. The number of methoxy groups -OCH3 is 1. The predicted octanol–water partition coefficient (Wildman–Crippen LogP) is 4.80. The SMILES string of the molecule is COC(=O)c1ccc(OCc2ccc(C(=O)Nc3cnn(Cc4cccc(Cl)c4)c3)o2)cc1. The maximum atomic E-state index is 12.5. The summed E-state index contributed by atoms with van der Waals surface area (Å²) in [6.45, 7) is 0.654. The van der Waals surface area contributed by atoms with Crippen molar-refractivity contribution in [1.82, 2.24) is 9.78 Å². The molecule has 0 aliphatic heterocycles. The summed E-state index contributed by atoms with van der Waals surface area (Å²) < 4.78 is 17.6. The monoisotopic (exact) mass is 465 g/mol. The van der Waals surface area contributed by atoms with Crippen LogP contribution in [0.2, 0.25) is 5.02 Å². The fraction of sp³-hybridized carbons (Fsp3) is 0.125. The molecular formula is C24H20ClN3O5. The van der Waals surface area contributed by atoms with Crippen molar-refractivity contribution >= 4 is 29.2 Å². The third-order valence-corrected chi connectivity index (χ3v) is 4.90. The maximum absolute atomic E-state index is 12.5. The summed E-state index contributed by atoms with van der Waals surface area (Å²) in [6, 6.07) is 17.3. The van der Waals surface area contributed by atoms with Crippen molar-refractivity contribution in [2.45, 2.75) is 13.2 Å². The fourth-order valence-electron chi connectivity index (χ4n) is 3.07. The maximum Gasteiger partial charge on any atom is 0.337 e. The highest BCUT2D eigenvalue weighted by atomic mass is 35.5. The largest absolute Gasteiger partial charge is 0.486 e. The van der Waals surface area contributed by atoms with E-state index in [1.54, 1.807) is 53.5 Å². The van der Waals surface area contributed by atoms with Gasteiger partial charge in [-0.3, -0.25) is 9.48 Å². The van der Waals surface area contributed by atoms with Crippen LogP contribution in [0.4, 0.5) is 5.69 Å². The summed E-state index contributed by atoms with van der Waals surface area (Å²) in [7, 11) is 1.32. The number of rotatable bonds is 8. The summed E-state index contributed by atoms with van der Waals surface area (Å²) in [5.74, 6) is 0.368. The Balaban J connectivity index is 1.31. The van der Waals surface area contributed by atoms with Crippen LogP contribution in [0.1, 0.15) is 32.2 Å². The molecule has 0 atom stereocenters. The molecule has 168 valence electrons. The summed E-state index contributed by atoms with van der Waals surface area (Å²) in [6.07, 6.45) is 3.29. The van der Waals surface area contributed by atoms with Gasteiger partial charge in [-0.25, -0.2) is 4.79 Å². The lowest BCUT2D eigenvalue weighted by atomic mass is 10.2. The van der Waals surface area contributed by atoms with Crippen molar-refractivity contribution in [3.63, 3.8) is 0 Å². The lowest BCUT2D eigenvalue weighted by Gasteiger charge is -2.05. The minimum absolute atomic E-state index is 0.127. The van der Waals surface area contributed by atoms with Gasteiger partial charge in [-0.1, -0.05) is 23.7 Å². The molecule has 0 radical (unpaired) electrons. The molecule has 9 heteroatoms. The molecule has 2 aromatic heterocycles. The van der Waals surface area contributed by atoms with Crippen LogP contribution >= 0.6 is 11.6 Å². The van der Waals surface area contributed by atoms with Crippen LogP contribution in [0.3, 0.4) is 0 Å². The normalized spacial score (nSPS) is 10.6. The Morgan fingerprint density at radius 3 is 2.70 bits per heavy atom. The molecule has 0 aliphatic rings. The van der Waals surface area contributed by atoms with Gasteiger partial charge in [0.2, 0.25) is 0 Å². The third kappa shape index (κ3) is 5.81. The first kappa shape index (κ1) is 22.2. The Kier molecular flexibility index (Phi) is 6.75. The second-order valence-corrected chi connectivity index (χ2v) is 7.52. The number of ether oxygens (including phenoxy) is 2. The molecule has 0 saturated carbocycles. The zero-order chi connectivity index (χ0) is 23.2. The molecule has 4 rings (SSSR count). The van der Waals surface area contributed by atoms with Crippen molar-refractivity contribution in [2.75, 3.05) is 12.4 Å². The first-order valence-corrected chi connectivity index (χ1v) is 10.4. The third-order valence-electron chi connectivity index (χ3n) is 4.67. The Morgan fingerprint density at radius 2 is 1.94 bits per heavy atom. The molecular weight excluding hydrogens is 446 g/mol. The molecule has 0 saturated heterocycles. The number of aromatic nitrogens is 2. The standard InChI is InChI=1S/C24H20ClN3O5/c1-31-24(30)17-5-7-20(8-6-17)32-15-21-9-10-22(33-21)23(29)27-19-12-26-28(14-19)13-16-3-2-4-18(25)11-16/h2-12,14H,13,15H2,1H3,(H,27,29). The number of carbonyl (C=O) groups is 2. The van der Waals surface area contributed by atoms with Crippen molar-refractivity contribution in [1.29, 1.82) is 0 Å². The Hall–Kier alpha value is -4.04. The number of nitrogens with zero attached hydrogens (tertiary/aromatic N) is 2. The molecule has 1 N–H and O–H groups in total. The molecule has 1 amide bonds. The van der Waals surface area contributed by atoms with E-state index >= 15 is 0 Å². The van der Waals surface area contributed by atoms with E-state index in [-0.39, 0.29) is 12.4 Å². The Labute approximate surface area is 194 Å². The predicted molar refractivity (Wildman–Crippen MR) is 122 cm³/mol. The van der Waals surface area contributed by atoms with Crippen LogP contribution in [0.25, 0.3) is 0 Å². The summed E-state index contributed by atoms with van der Waals surface area (Å²) in [5.41, 5.74) is 1.97. The number of amides is 1. The molecule has 0 bridgehead atoms. The van der Waals surface area contributed by atoms with Crippen molar-refractivity contribution < 1.29 is 23.5 Å². The quantitative estimate of drug-likeness (QED) is 0.376. The number of nitrogens with one attached hydrogen (secondary N) is 1. The van der Waals surface area contributed by atoms with E-state index < -0.39 is 11.9 Å². The van der Waals surface area contributed by atoms with Gasteiger partial charge in [-0.05, 0) is 54.1 Å². The van der Waals surface area contributed by atoms with E-state index in [4.69, 9.17) is 20.8 Å². The van der Waals surface area contributed by atoms with Gasteiger partial charge in [0.05, 0.1) is 31.1 Å². The number of hydrogen-bond donors (Lipinski definition) is 1. The first-order chi connectivity index (χ1) is 16.0. The number of benzene rings is 2. The average Bonchev–Trinajstić information content (AvgIpc) is 3.47. The number of carbonyl (C=O) groups excluding carboxylic acids is 2. The topological polar surface area (TPSA) is 95.6 Å². The first-order valence-electron chi connectivity index (χ1n) is 9.98. The summed E-state index contributed by atoms with van der Waals surface area (Å²) in [5, 5.41) is 7.67. The molecule has 2 aromatic carbocycles. The van der Waals surface area contributed by atoms with Crippen LogP contribution in [-0.2, 0) is 17.9 Å². The second-order valence-electron chi connectivity index (χ2n) is 7.08. The molecule has 8 nitrogen and oxygen atoms in total. The van der Waals surface area contributed by atoms with Crippen molar-refractivity contribution in [3.05, 3.63) is 101 Å². The molecule has 0 fully saturated rings. The highest BCUT2D eigenvalue weighted by Gasteiger charge is 2.13. The Morgan fingerprint density at radius 1 is 1.12 bits per heavy atom. The molecule has 4 aromatic rings. The van der Waals surface area contributed by atoms with Crippen LogP contribution in [0.15, 0.2) is 77.5 Å². The molecule has 2 heterocycles. The van der Waals surface area contributed by atoms with Crippen LogP contribution in [0.5, 0.6) is 5.75 Å². The zero-order valence-electron chi connectivity index (χ0n) is 17.7. The number of furan rings is 1. The van der Waals surface area contributed by atoms with E-state index in [1.165, 1.54) is 7.11 Å². The number of esters is 1. The number of hydrogen-bond acceptors (Lipinski definition) is 6. The fourth-order valence-corrected chi connectivity index (χ4v) is 3.28. The lowest BCUT2D eigenvalue weighted by Crippen LogP contribution is -2.10. The van der Waals surface area contributed by atoms with Gasteiger partial charge in [0.1, 0.15) is 18.1 Å². The molecule has 0 aliphatic carbocycles. The second kappa shape index (κ2) is 10.1. The highest BCUT2D eigenvalue weighted by Crippen LogP contribution is 2.18. The van der Waals surface area contributed by atoms with Gasteiger partial charge in [-0.15, -0.1) is 0 Å². The highest BCUT2D eigenvalue weighted by molar-refractivity contribution is 6.30. The van der Waals surface area contributed by atoms with Gasteiger partial charge in [0.25, 0.3) is 5.91 Å². The summed E-state index contributed by atoms with van der Waals surface area (Å²) >= 11 is 6.01. The van der Waals surface area contributed by atoms with Crippen LogP contribution in [-0.4, -0.2) is 28.8 Å². The van der Waals surface area contributed by atoms with E-state index in [2.05, 4.69) is 15.2 Å². The van der Waals surface area contributed by atoms with Gasteiger partial charge < -0.3 is 19.2 Å². The van der Waals surface area contributed by atoms with Gasteiger partial charge >= 0.3 is 5.97 Å². The van der Waals surface area contributed by atoms with Gasteiger partial charge in [-0.2, -0.15) is 5.10 Å². The molecule has 33 heavy (non-hydrogen) atoms. The van der Waals surface area contributed by atoms with Crippen LogP contribution < -0.4 is 10.1 Å². The van der Waals surface area contributed by atoms with Gasteiger partial charge in [0.15, 0.2) is 5.76 Å². The average molecular weight is 466 g/mol. The number of anilines is 1.